The van der Waals surface area contributed by atoms with Crippen molar-refractivity contribution in [2.45, 2.75) is 349 Å². The molecule has 3 aliphatic rings. The lowest BCUT2D eigenvalue weighted by Gasteiger charge is -2.48. The fourth-order valence-electron chi connectivity index (χ4n) is 11.5. The maximum absolute atomic E-state index is 13.3. The largest absolute Gasteiger partial charge is 0.394 e. The van der Waals surface area contributed by atoms with E-state index in [-0.39, 0.29) is 18.9 Å². The zero-order valence-corrected chi connectivity index (χ0v) is 53.5. The van der Waals surface area contributed by atoms with Crippen molar-refractivity contribution in [2.24, 2.45) is 0 Å². The summed E-state index contributed by atoms with van der Waals surface area (Å²) in [5.41, 5.74) is 0. The molecule has 0 radical (unpaired) electrons. The van der Waals surface area contributed by atoms with Crippen molar-refractivity contribution in [3.63, 3.8) is 0 Å². The van der Waals surface area contributed by atoms with Crippen LogP contribution in [-0.2, 0) is 33.2 Å². The molecule has 19 nitrogen and oxygen atoms in total. The standard InChI is InChI=1S/C68H123NO18/c1-3-5-7-9-11-13-15-16-17-18-19-20-21-22-23-24-25-26-27-28-29-30-31-32-33-34-35-36-37-39-41-43-45-52(73)51(69-56(74)46-44-42-40-38-14-12-10-8-6-4-2)50-82-66-62(80)59(77)64(54(48-71)84-66)87-68-63(81)60(78)65(55(49-72)85-68)86-67-61(79)58(76)57(75)53(47-70)83-67/h8,10,32-33,36-37,43,45,51-55,57-68,70-73,75-81H,3-7,9,11-31,34-35,38-42,44,46-50H2,1-2H3,(H,69,74)/b10-8-,33-32+,37-36+,45-43+. The van der Waals surface area contributed by atoms with Crippen molar-refractivity contribution in [1.82, 2.24) is 5.32 Å². The molecular weight excluding hydrogens is 1120 g/mol. The summed E-state index contributed by atoms with van der Waals surface area (Å²) in [6.45, 7) is 1.63. The third-order valence-electron chi connectivity index (χ3n) is 17.1. The molecule has 3 rings (SSSR count). The molecule has 3 saturated heterocycles. The van der Waals surface area contributed by atoms with Crippen LogP contribution < -0.4 is 5.32 Å². The zero-order chi connectivity index (χ0) is 63.3. The minimum Gasteiger partial charge on any atom is -0.394 e. The van der Waals surface area contributed by atoms with Crippen LogP contribution in [0.5, 0.6) is 0 Å². The maximum atomic E-state index is 13.3. The van der Waals surface area contributed by atoms with Crippen LogP contribution in [0.15, 0.2) is 48.6 Å². The van der Waals surface area contributed by atoms with Gasteiger partial charge in [-0.25, -0.2) is 0 Å². The molecule has 0 aromatic carbocycles. The molecule has 17 unspecified atom stereocenters. The summed E-state index contributed by atoms with van der Waals surface area (Å²) < 4.78 is 34.2. The molecule has 17 atom stereocenters. The van der Waals surface area contributed by atoms with Gasteiger partial charge >= 0.3 is 0 Å². The first kappa shape index (κ1) is 79.0. The number of aliphatic hydroxyl groups is 11. The lowest BCUT2D eigenvalue weighted by Crippen LogP contribution is -2.66. The number of ether oxygens (including phenoxy) is 6. The summed E-state index contributed by atoms with van der Waals surface area (Å²) in [5.74, 6) is -0.302. The van der Waals surface area contributed by atoms with Crippen LogP contribution in [0.25, 0.3) is 0 Å². The normalized spacial score (nSPS) is 28.9. The van der Waals surface area contributed by atoms with Crippen molar-refractivity contribution < 1.29 is 89.4 Å². The Morgan fingerprint density at radius 2 is 0.759 bits per heavy atom. The van der Waals surface area contributed by atoms with E-state index in [0.717, 1.165) is 70.6 Å². The molecule has 0 aromatic heterocycles. The Balaban J connectivity index is 1.39. The highest BCUT2D eigenvalue weighted by Crippen LogP contribution is 2.33. The summed E-state index contributed by atoms with van der Waals surface area (Å²) in [6, 6.07) is -1.00. The third kappa shape index (κ3) is 32.7. The van der Waals surface area contributed by atoms with Crippen LogP contribution in [0.2, 0.25) is 0 Å². The highest BCUT2D eigenvalue weighted by Gasteiger charge is 2.53. The van der Waals surface area contributed by atoms with Gasteiger partial charge < -0.3 is 89.9 Å². The Kier molecular flexibility index (Phi) is 45.7. The molecular formula is C68H123NO18. The van der Waals surface area contributed by atoms with Crippen LogP contribution >= 0.6 is 0 Å². The van der Waals surface area contributed by atoms with Crippen molar-refractivity contribution in [2.75, 3.05) is 26.4 Å². The Hall–Kier alpha value is -2.25. The number of hydrogen-bond acceptors (Lipinski definition) is 18. The minimum absolute atomic E-state index is 0.220. The molecule has 508 valence electrons. The third-order valence-corrected chi connectivity index (χ3v) is 17.1. The Morgan fingerprint density at radius 1 is 0.402 bits per heavy atom. The average molecular weight is 1240 g/mol. The predicted octanol–water partition coefficient (Wildman–Crippen LogP) is 8.61. The van der Waals surface area contributed by atoms with Crippen molar-refractivity contribution in [3.05, 3.63) is 48.6 Å². The van der Waals surface area contributed by atoms with Gasteiger partial charge in [0, 0.05) is 6.42 Å². The monoisotopic (exact) mass is 1240 g/mol. The lowest BCUT2D eigenvalue weighted by molar-refractivity contribution is -0.379. The summed E-state index contributed by atoms with van der Waals surface area (Å²) >= 11 is 0. The smallest absolute Gasteiger partial charge is 0.220 e. The maximum Gasteiger partial charge on any atom is 0.220 e. The van der Waals surface area contributed by atoms with Gasteiger partial charge in [0.1, 0.15) is 73.2 Å². The van der Waals surface area contributed by atoms with E-state index in [1.807, 2.05) is 6.08 Å². The highest BCUT2D eigenvalue weighted by molar-refractivity contribution is 5.76. The summed E-state index contributed by atoms with van der Waals surface area (Å²) in [7, 11) is 0. The van der Waals surface area contributed by atoms with Gasteiger partial charge in [-0.2, -0.15) is 0 Å². The number of amides is 1. The van der Waals surface area contributed by atoms with Gasteiger partial charge in [-0.1, -0.05) is 223 Å². The predicted molar refractivity (Wildman–Crippen MR) is 337 cm³/mol. The second-order valence-corrected chi connectivity index (χ2v) is 24.6. The summed E-state index contributed by atoms with van der Waals surface area (Å²) in [6.07, 6.45) is 32.9. The molecule has 87 heavy (non-hydrogen) atoms. The van der Waals surface area contributed by atoms with Gasteiger partial charge in [0.2, 0.25) is 5.91 Å². The van der Waals surface area contributed by atoms with E-state index in [0.29, 0.717) is 12.8 Å². The Morgan fingerprint density at radius 3 is 1.20 bits per heavy atom. The first-order valence-electron chi connectivity index (χ1n) is 34.4. The van der Waals surface area contributed by atoms with Gasteiger partial charge in [0.05, 0.1) is 38.6 Å². The zero-order valence-electron chi connectivity index (χ0n) is 53.5. The molecule has 0 bridgehead atoms. The van der Waals surface area contributed by atoms with Gasteiger partial charge in [0.15, 0.2) is 18.9 Å². The van der Waals surface area contributed by atoms with Crippen molar-refractivity contribution >= 4 is 5.91 Å². The Labute approximate surface area is 523 Å². The van der Waals surface area contributed by atoms with E-state index in [2.05, 4.69) is 55.6 Å². The summed E-state index contributed by atoms with van der Waals surface area (Å²) in [4.78, 5) is 13.3. The van der Waals surface area contributed by atoms with E-state index in [1.165, 1.54) is 141 Å². The number of hydrogen-bond donors (Lipinski definition) is 12. The van der Waals surface area contributed by atoms with Gasteiger partial charge in [-0.15, -0.1) is 0 Å². The van der Waals surface area contributed by atoms with E-state index < -0.39 is 124 Å². The topological polar surface area (TPSA) is 307 Å². The first-order valence-corrected chi connectivity index (χ1v) is 34.4. The van der Waals surface area contributed by atoms with E-state index in [4.69, 9.17) is 28.4 Å². The number of carbonyl (C=O) groups excluding carboxylic acids is 1. The van der Waals surface area contributed by atoms with Crippen LogP contribution in [0.3, 0.4) is 0 Å². The number of carbonyl (C=O) groups is 1. The lowest BCUT2D eigenvalue weighted by atomic mass is 9.96. The summed E-state index contributed by atoms with van der Waals surface area (Å²) in [5, 5.41) is 120. The Bertz CT molecular complexity index is 1770. The quantitative estimate of drug-likeness (QED) is 0.0200. The second-order valence-electron chi connectivity index (χ2n) is 24.6. The minimum atomic E-state index is -1.98. The van der Waals surface area contributed by atoms with Crippen LogP contribution in [0.1, 0.15) is 245 Å². The molecule has 0 aliphatic carbocycles. The van der Waals surface area contributed by atoms with E-state index in [1.54, 1.807) is 6.08 Å². The molecule has 3 aliphatic heterocycles. The van der Waals surface area contributed by atoms with E-state index in [9.17, 15) is 61.0 Å². The molecule has 0 saturated carbocycles. The fourth-order valence-corrected chi connectivity index (χ4v) is 11.5. The molecule has 19 heteroatoms. The number of aliphatic hydroxyl groups excluding tert-OH is 11. The molecule has 1 amide bonds. The highest BCUT2D eigenvalue weighted by atomic mass is 16.8. The molecule has 12 N–H and O–H groups in total. The molecule has 0 spiro atoms. The molecule has 3 fully saturated rings. The van der Waals surface area contributed by atoms with Crippen LogP contribution in [-0.4, -0.2) is 193 Å². The number of rotatable bonds is 52. The number of unbranched alkanes of at least 4 members (excludes halogenated alkanes) is 30. The van der Waals surface area contributed by atoms with Crippen molar-refractivity contribution in [1.29, 1.82) is 0 Å². The molecule has 0 aromatic rings. The van der Waals surface area contributed by atoms with Crippen LogP contribution in [0, 0.1) is 0 Å². The van der Waals surface area contributed by atoms with Gasteiger partial charge in [-0.3, -0.25) is 4.79 Å². The first-order chi connectivity index (χ1) is 42.3. The molecule has 3 heterocycles. The number of allylic oxidation sites excluding steroid dienone is 7. The average Bonchev–Trinajstić information content (AvgIpc) is 1.77. The van der Waals surface area contributed by atoms with Gasteiger partial charge in [-0.05, 0) is 64.2 Å². The SMILES string of the molecule is CCC/C=C\CCCCCCCC(=O)NC(COC1OC(CO)C(OC2OC(CO)C(OC3OC(CO)C(O)C(O)C3O)C(O)C2O)C(O)C1O)C(O)/C=C/CC/C=C/CC/C=C/CCCCCCCCCCCCCCCCCCCCCCCC. The van der Waals surface area contributed by atoms with Crippen LogP contribution in [0.4, 0.5) is 0 Å². The fraction of sp³-hybridized carbons (Fsp3) is 0.868. The number of nitrogens with one attached hydrogen (secondary N) is 1. The second kappa shape index (κ2) is 50.3. The van der Waals surface area contributed by atoms with Gasteiger partial charge in [0.25, 0.3) is 0 Å². The van der Waals surface area contributed by atoms with Crippen molar-refractivity contribution in [3.8, 4) is 0 Å². The van der Waals surface area contributed by atoms with E-state index >= 15 is 0 Å².